The predicted octanol–water partition coefficient (Wildman–Crippen LogP) is 3.20. The number of rotatable bonds is 6. The van der Waals surface area contributed by atoms with Gasteiger partial charge in [0.1, 0.15) is 0 Å². The standard InChI is InChI=1S/C14H26OSi2/c1-6-16(14-10-8-7-9-11-14)15-17(12(2)3)13(4)5/h7-13,16-17H,6H2,1-5H3. The maximum absolute atomic E-state index is 6.59. The molecule has 0 saturated carbocycles. The Morgan fingerprint density at radius 3 is 1.94 bits per heavy atom. The molecule has 3 heteroatoms. The molecular weight excluding hydrogens is 240 g/mol. The zero-order chi connectivity index (χ0) is 12.8. The minimum atomic E-state index is -1.18. The fourth-order valence-electron chi connectivity index (χ4n) is 2.35. The smallest absolute Gasteiger partial charge is 0.195 e. The summed E-state index contributed by atoms with van der Waals surface area (Å²) in [6, 6.07) is 12.0. The molecule has 0 aliphatic carbocycles. The van der Waals surface area contributed by atoms with E-state index in [2.05, 4.69) is 65.0 Å². The van der Waals surface area contributed by atoms with Gasteiger partial charge in [-0.15, -0.1) is 0 Å². The minimum Gasteiger partial charge on any atom is -0.456 e. The molecule has 0 aliphatic heterocycles. The Balaban J connectivity index is 2.75. The number of hydrogen-bond donors (Lipinski definition) is 0. The van der Waals surface area contributed by atoms with Crippen LogP contribution in [0.1, 0.15) is 34.6 Å². The number of hydrogen-bond acceptors (Lipinski definition) is 1. The van der Waals surface area contributed by atoms with Crippen molar-refractivity contribution in [1.82, 2.24) is 0 Å². The van der Waals surface area contributed by atoms with Gasteiger partial charge in [0.15, 0.2) is 18.1 Å². The summed E-state index contributed by atoms with van der Waals surface area (Å²) in [5.74, 6) is 0. The van der Waals surface area contributed by atoms with Crippen LogP contribution in [0.5, 0.6) is 0 Å². The van der Waals surface area contributed by atoms with E-state index in [0.29, 0.717) is 0 Å². The summed E-state index contributed by atoms with van der Waals surface area (Å²) in [5.41, 5.74) is 1.47. The van der Waals surface area contributed by atoms with Crippen molar-refractivity contribution in [3.8, 4) is 0 Å². The quantitative estimate of drug-likeness (QED) is 0.719. The first-order valence-corrected chi connectivity index (χ1v) is 10.4. The van der Waals surface area contributed by atoms with Gasteiger partial charge in [-0.1, -0.05) is 65.0 Å². The van der Waals surface area contributed by atoms with Crippen LogP contribution in [-0.4, -0.2) is 18.1 Å². The molecule has 1 unspecified atom stereocenters. The van der Waals surface area contributed by atoms with Gasteiger partial charge in [0.2, 0.25) is 0 Å². The second-order valence-electron chi connectivity index (χ2n) is 5.40. The van der Waals surface area contributed by atoms with Crippen molar-refractivity contribution < 1.29 is 4.12 Å². The van der Waals surface area contributed by atoms with E-state index in [0.717, 1.165) is 11.1 Å². The first-order chi connectivity index (χ1) is 8.06. The lowest BCUT2D eigenvalue weighted by molar-refractivity contribution is 0.556. The van der Waals surface area contributed by atoms with Crippen molar-refractivity contribution >= 4 is 23.3 Å². The van der Waals surface area contributed by atoms with Crippen LogP contribution < -0.4 is 5.19 Å². The molecule has 0 saturated heterocycles. The lowest BCUT2D eigenvalue weighted by Gasteiger charge is -2.28. The maximum atomic E-state index is 6.59. The molecule has 1 atom stereocenters. The highest BCUT2D eigenvalue weighted by atomic mass is 28.4. The summed E-state index contributed by atoms with van der Waals surface area (Å²) in [7, 11) is -2.24. The van der Waals surface area contributed by atoms with Crippen LogP contribution in [0.2, 0.25) is 17.1 Å². The van der Waals surface area contributed by atoms with Crippen LogP contribution in [0.25, 0.3) is 0 Å². The maximum Gasteiger partial charge on any atom is 0.195 e. The highest BCUT2D eigenvalue weighted by Gasteiger charge is 2.25. The normalized spacial score (nSPS) is 13.6. The van der Waals surface area contributed by atoms with Gasteiger partial charge >= 0.3 is 0 Å². The van der Waals surface area contributed by atoms with Crippen LogP contribution in [0, 0.1) is 0 Å². The van der Waals surface area contributed by atoms with Crippen molar-refractivity contribution in [2.45, 2.75) is 51.7 Å². The monoisotopic (exact) mass is 266 g/mol. The van der Waals surface area contributed by atoms with E-state index in [1.54, 1.807) is 0 Å². The third kappa shape index (κ3) is 4.41. The Morgan fingerprint density at radius 2 is 1.53 bits per heavy atom. The molecule has 0 aromatic heterocycles. The predicted molar refractivity (Wildman–Crippen MR) is 82.1 cm³/mol. The van der Waals surface area contributed by atoms with E-state index >= 15 is 0 Å². The Hall–Kier alpha value is -0.386. The van der Waals surface area contributed by atoms with Gasteiger partial charge in [-0.3, -0.25) is 0 Å². The first-order valence-electron chi connectivity index (χ1n) is 6.76. The van der Waals surface area contributed by atoms with Gasteiger partial charge in [-0.2, -0.15) is 0 Å². The van der Waals surface area contributed by atoms with Crippen molar-refractivity contribution in [2.24, 2.45) is 0 Å². The van der Waals surface area contributed by atoms with Crippen molar-refractivity contribution in [3.05, 3.63) is 30.3 Å². The molecule has 0 bridgehead atoms. The Bertz CT molecular complexity index is 303. The van der Waals surface area contributed by atoms with Gasteiger partial charge in [0.25, 0.3) is 0 Å². The average molecular weight is 267 g/mol. The summed E-state index contributed by atoms with van der Waals surface area (Å²) in [4.78, 5) is 0. The Labute approximate surface area is 110 Å². The Morgan fingerprint density at radius 1 is 1.00 bits per heavy atom. The van der Waals surface area contributed by atoms with Crippen LogP contribution in [-0.2, 0) is 4.12 Å². The molecule has 0 spiro atoms. The van der Waals surface area contributed by atoms with Crippen molar-refractivity contribution in [2.75, 3.05) is 0 Å². The third-order valence-corrected chi connectivity index (χ3v) is 10.2. The zero-order valence-corrected chi connectivity index (χ0v) is 14.1. The molecule has 0 N–H and O–H groups in total. The number of benzene rings is 1. The van der Waals surface area contributed by atoms with Crippen LogP contribution in [0.15, 0.2) is 30.3 Å². The van der Waals surface area contributed by atoms with Crippen LogP contribution >= 0.6 is 0 Å². The largest absolute Gasteiger partial charge is 0.456 e. The van der Waals surface area contributed by atoms with Crippen molar-refractivity contribution in [3.63, 3.8) is 0 Å². The van der Waals surface area contributed by atoms with E-state index in [1.807, 2.05) is 0 Å². The zero-order valence-electron chi connectivity index (χ0n) is 11.8. The van der Waals surface area contributed by atoms with E-state index in [-0.39, 0.29) is 0 Å². The van der Waals surface area contributed by atoms with Gasteiger partial charge in [-0.05, 0) is 22.3 Å². The molecule has 0 amide bonds. The van der Waals surface area contributed by atoms with Gasteiger partial charge in [-0.25, -0.2) is 0 Å². The van der Waals surface area contributed by atoms with E-state index in [1.165, 1.54) is 11.2 Å². The lowest BCUT2D eigenvalue weighted by atomic mass is 10.4. The molecule has 1 nitrogen and oxygen atoms in total. The fourth-order valence-corrected chi connectivity index (χ4v) is 10.4. The summed E-state index contributed by atoms with van der Waals surface area (Å²) >= 11 is 0. The van der Waals surface area contributed by atoms with Gasteiger partial charge in [0.05, 0.1) is 0 Å². The molecule has 0 heterocycles. The highest BCUT2D eigenvalue weighted by Crippen LogP contribution is 2.22. The molecule has 0 fully saturated rings. The van der Waals surface area contributed by atoms with Crippen LogP contribution in [0.3, 0.4) is 0 Å². The highest BCUT2D eigenvalue weighted by molar-refractivity contribution is 6.75. The topological polar surface area (TPSA) is 9.23 Å². The molecule has 0 radical (unpaired) electrons. The lowest BCUT2D eigenvalue weighted by Crippen LogP contribution is -2.41. The van der Waals surface area contributed by atoms with Gasteiger partial charge < -0.3 is 4.12 Å². The molecule has 17 heavy (non-hydrogen) atoms. The second-order valence-corrected chi connectivity index (χ2v) is 12.5. The van der Waals surface area contributed by atoms with Gasteiger partial charge in [0, 0.05) is 0 Å². The third-order valence-electron chi connectivity index (χ3n) is 3.18. The minimum absolute atomic E-state index is 0.736. The average Bonchev–Trinajstić information content (AvgIpc) is 2.30. The van der Waals surface area contributed by atoms with Crippen LogP contribution in [0.4, 0.5) is 0 Å². The summed E-state index contributed by atoms with van der Waals surface area (Å²) < 4.78 is 6.59. The first kappa shape index (κ1) is 14.7. The van der Waals surface area contributed by atoms with E-state index in [4.69, 9.17) is 4.12 Å². The Kier molecular flexibility index (Phi) is 6.16. The summed E-state index contributed by atoms with van der Waals surface area (Å²) in [5, 5.41) is 1.47. The van der Waals surface area contributed by atoms with Crippen molar-refractivity contribution in [1.29, 1.82) is 0 Å². The molecule has 0 aliphatic rings. The van der Waals surface area contributed by atoms with E-state index in [9.17, 15) is 0 Å². The summed E-state index contributed by atoms with van der Waals surface area (Å²) in [6.07, 6.45) is 0. The SMILES string of the molecule is CC[SiH](O[SiH](C(C)C)C(C)C)c1ccccc1. The molecule has 1 aromatic rings. The summed E-state index contributed by atoms with van der Waals surface area (Å²) in [6.45, 7) is 11.6. The molecule has 96 valence electrons. The fraction of sp³-hybridized carbons (Fsp3) is 0.571. The molecule has 1 rings (SSSR count). The molecule has 1 aromatic carbocycles. The van der Waals surface area contributed by atoms with E-state index < -0.39 is 18.1 Å². The second kappa shape index (κ2) is 7.14. The molecular formula is C14H26OSi2.